The lowest BCUT2D eigenvalue weighted by atomic mass is 10.2. The molecule has 1 saturated heterocycles. The van der Waals surface area contributed by atoms with Crippen LogP contribution in [0.5, 0.6) is 11.5 Å². The van der Waals surface area contributed by atoms with Crippen LogP contribution in [0.3, 0.4) is 0 Å². The van der Waals surface area contributed by atoms with E-state index in [1.165, 1.54) is 26.0 Å². The first kappa shape index (κ1) is 20.2. The average Bonchev–Trinajstić information content (AvgIpc) is 2.64. The number of ether oxygens (including phenoxy) is 3. The number of carbonyl (C=O) groups excluding carboxylic acids is 3. The predicted octanol–water partition coefficient (Wildman–Crippen LogP) is 3.40. The number of rotatable bonds is 4. The molecule has 0 aliphatic carbocycles. The summed E-state index contributed by atoms with van der Waals surface area (Å²) in [5.74, 6) is -4.51. The minimum Gasteiger partial charge on any atom is -0.503 e. The van der Waals surface area contributed by atoms with Crippen LogP contribution in [0.4, 0.5) is 5.69 Å². The van der Waals surface area contributed by atoms with Gasteiger partial charge in [-0.2, -0.15) is 0 Å². The molecule has 0 spiro atoms. The maximum Gasteiger partial charge on any atom is 0.350 e. The fourth-order valence-electron chi connectivity index (χ4n) is 2.42. The highest BCUT2D eigenvalue weighted by molar-refractivity contribution is 6.31. The number of esters is 3. The van der Waals surface area contributed by atoms with Crippen molar-refractivity contribution in [1.29, 1.82) is 0 Å². The minimum absolute atomic E-state index is 0.00806. The quantitative estimate of drug-likeness (QED) is 0.256. The number of phenolic OH excluding ortho intramolecular Hbond substituents is 1. The molecule has 0 saturated carbocycles. The molecule has 3 rings (SSSR count). The lowest BCUT2D eigenvalue weighted by Gasteiger charge is -2.29. The molecule has 150 valence electrons. The van der Waals surface area contributed by atoms with Crippen LogP contribution in [-0.2, 0) is 19.1 Å². The highest BCUT2D eigenvalue weighted by atomic mass is 35.5. The average molecular weight is 418 g/mol. The summed E-state index contributed by atoms with van der Waals surface area (Å²) in [5, 5.41) is 13.1. The van der Waals surface area contributed by atoms with Crippen molar-refractivity contribution < 1.29 is 33.7 Å². The van der Waals surface area contributed by atoms with E-state index >= 15 is 0 Å². The molecule has 0 aromatic heterocycles. The number of anilines is 1. The zero-order valence-corrected chi connectivity index (χ0v) is 16.1. The SMILES string of the molecule is CC1(C)OC(=O)C(=CNc2cc(Cl)cc(OC(=O)c3ccccc3)c2O)C(=O)O1. The molecule has 0 atom stereocenters. The molecular formula is C20H16ClNO7. The number of carbonyl (C=O) groups is 3. The van der Waals surface area contributed by atoms with Crippen molar-refractivity contribution in [3.8, 4) is 11.5 Å². The van der Waals surface area contributed by atoms with E-state index in [2.05, 4.69) is 5.32 Å². The van der Waals surface area contributed by atoms with E-state index in [0.29, 0.717) is 0 Å². The molecule has 0 unspecified atom stereocenters. The summed E-state index contributed by atoms with van der Waals surface area (Å²) in [6, 6.07) is 10.7. The second kappa shape index (κ2) is 7.84. The Balaban J connectivity index is 1.83. The number of halogens is 1. The second-order valence-corrected chi connectivity index (χ2v) is 6.87. The molecule has 1 heterocycles. The number of benzene rings is 2. The zero-order chi connectivity index (χ0) is 21.2. The molecule has 1 fully saturated rings. The second-order valence-electron chi connectivity index (χ2n) is 6.44. The van der Waals surface area contributed by atoms with Gasteiger partial charge in [-0.3, -0.25) is 0 Å². The molecular weight excluding hydrogens is 402 g/mol. The van der Waals surface area contributed by atoms with E-state index in [4.69, 9.17) is 25.8 Å². The van der Waals surface area contributed by atoms with Crippen LogP contribution in [0.2, 0.25) is 5.02 Å². The molecule has 1 aliphatic heterocycles. The third kappa shape index (κ3) is 4.67. The normalized spacial score (nSPS) is 15.2. The summed E-state index contributed by atoms with van der Waals surface area (Å²) < 4.78 is 15.1. The van der Waals surface area contributed by atoms with E-state index in [1.807, 2.05) is 0 Å². The van der Waals surface area contributed by atoms with Gasteiger partial charge in [0.2, 0.25) is 0 Å². The fourth-order valence-corrected chi connectivity index (χ4v) is 2.63. The highest BCUT2D eigenvalue weighted by Gasteiger charge is 2.39. The van der Waals surface area contributed by atoms with Crippen LogP contribution in [0.25, 0.3) is 0 Å². The van der Waals surface area contributed by atoms with Crippen molar-refractivity contribution in [2.75, 3.05) is 5.32 Å². The van der Waals surface area contributed by atoms with Crippen molar-refractivity contribution >= 4 is 35.2 Å². The number of cyclic esters (lactones) is 2. The van der Waals surface area contributed by atoms with Gasteiger partial charge in [0.15, 0.2) is 17.1 Å². The van der Waals surface area contributed by atoms with E-state index in [-0.39, 0.29) is 22.0 Å². The van der Waals surface area contributed by atoms with Crippen LogP contribution in [0, 0.1) is 0 Å². The Morgan fingerprint density at radius 2 is 1.76 bits per heavy atom. The lowest BCUT2D eigenvalue weighted by molar-refractivity contribution is -0.222. The van der Waals surface area contributed by atoms with Gasteiger partial charge in [-0.05, 0) is 18.2 Å². The monoisotopic (exact) mass is 417 g/mol. The van der Waals surface area contributed by atoms with Crippen molar-refractivity contribution in [2.45, 2.75) is 19.6 Å². The highest BCUT2D eigenvalue weighted by Crippen LogP contribution is 2.38. The van der Waals surface area contributed by atoms with Gasteiger partial charge in [-0.25, -0.2) is 14.4 Å². The Bertz CT molecular complexity index is 993. The van der Waals surface area contributed by atoms with Crippen LogP contribution in [-0.4, -0.2) is 28.8 Å². The summed E-state index contributed by atoms with van der Waals surface area (Å²) in [7, 11) is 0. The largest absolute Gasteiger partial charge is 0.503 e. The maximum absolute atomic E-state index is 12.2. The molecule has 2 N–H and O–H groups in total. The van der Waals surface area contributed by atoms with Crippen molar-refractivity contribution in [1.82, 2.24) is 0 Å². The smallest absolute Gasteiger partial charge is 0.350 e. The van der Waals surface area contributed by atoms with E-state index in [1.54, 1.807) is 30.3 Å². The first-order valence-corrected chi connectivity index (χ1v) is 8.77. The van der Waals surface area contributed by atoms with Crippen molar-refractivity contribution in [3.05, 3.63) is 64.8 Å². The molecule has 1 aliphatic rings. The summed E-state index contributed by atoms with van der Waals surface area (Å²) in [5.41, 5.74) is -0.142. The Morgan fingerprint density at radius 3 is 2.38 bits per heavy atom. The minimum atomic E-state index is -1.37. The van der Waals surface area contributed by atoms with Gasteiger partial charge < -0.3 is 24.6 Å². The number of nitrogens with one attached hydrogen (secondary N) is 1. The van der Waals surface area contributed by atoms with E-state index < -0.39 is 35.0 Å². The summed E-state index contributed by atoms with van der Waals surface area (Å²) in [4.78, 5) is 36.2. The third-order valence-electron chi connectivity index (χ3n) is 3.74. The Morgan fingerprint density at radius 1 is 1.14 bits per heavy atom. The molecule has 9 heteroatoms. The maximum atomic E-state index is 12.2. The molecule has 0 bridgehead atoms. The summed E-state index contributed by atoms with van der Waals surface area (Å²) in [6.07, 6.45) is 1.01. The van der Waals surface area contributed by atoms with Crippen molar-refractivity contribution in [2.24, 2.45) is 0 Å². The Hall–Kier alpha value is -3.52. The van der Waals surface area contributed by atoms with Crippen LogP contribution in [0.15, 0.2) is 54.2 Å². The van der Waals surface area contributed by atoms with Crippen LogP contribution < -0.4 is 10.1 Å². The third-order valence-corrected chi connectivity index (χ3v) is 3.96. The molecule has 8 nitrogen and oxygen atoms in total. The fraction of sp³-hybridized carbons (Fsp3) is 0.150. The van der Waals surface area contributed by atoms with Crippen molar-refractivity contribution in [3.63, 3.8) is 0 Å². The Labute approximate surface area is 170 Å². The van der Waals surface area contributed by atoms with Crippen LogP contribution in [0.1, 0.15) is 24.2 Å². The van der Waals surface area contributed by atoms with Gasteiger partial charge in [0, 0.05) is 31.1 Å². The standard InChI is InChI=1S/C20H16ClNO7/c1-20(2)28-18(25)13(19(26)29-20)10-22-14-8-12(21)9-15(16(14)23)27-17(24)11-6-4-3-5-7-11/h3-10,22-23H,1-2H3. The molecule has 2 aromatic carbocycles. The number of hydrogen-bond acceptors (Lipinski definition) is 8. The Kier molecular flexibility index (Phi) is 5.47. The molecule has 0 amide bonds. The van der Waals surface area contributed by atoms with Gasteiger partial charge in [0.25, 0.3) is 5.79 Å². The first-order chi connectivity index (χ1) is 13.7. The number of phenols is 1. The number of aromatic hydroxyl groups is 1. The van der Waals surface area contributed by atoms with Gasteiger partial charge >= 0.3 is 17.9 Å². The molecule has 0 radical (unpaired) electrons. The van der Waals surface area contributed by atoms with Crippen LogP contribution >= 0.6 is 11.6 Å². The zero-order valence-electron chi connectivity index (χ0n) is 15.4. The topological polar surface area (TPSA) is 111 Å². The number of hydrogen-bond donors (Lipinski definition) is 2. The molecule has 29 heavy (non-hydrogen) atoms. The van der Waals surface area contributed by atoms with Gasteiger partial charge in [0.1, 0.15) is 0 Å². The molecule has 2 aromatic rings. The van der Waals surface area contributed by atoms with E-state index in [9.17, 15) is 19.5 Å². The van der Waals surface area contributed by atoms with E-state index in [0.717, 1.165) is 6.20 Å². The lowest BCUT2D eigenvalue weighted by Crippen LogP contribution is -2.42. The van der Waals surface area contributed by atoms with Gasteiger partial charge in [0.05, 0.1) is 11.3 Å². The summed E-state index contributed by atoms with van der Waals surface area (Å²) >= 11 is 6.02. The first-order valence-electron chi connectivity index (χ1n) is 8.39. The van der Waals surface area contributed by atoms with Gasteiger partial charge in [-0.1, -0.05) is 29.8 Å². The predicted molar refractivity (Wildman–Crippen MR) is 102 cm³/mol. The summed E-state index contributed by atoms with van der Waals surface area (Å²) in [6.45, 7) is 2.84. The van der Waals surface area contributed by atoms with Gasteiger partial charge in [-0.15, -0.1) is 0 Å².